The lowest BCUT2D eigenvalue weighted by molar-refractivity contribution is 0.259. The zero-order valence-electron chi connectivity index (χ0n) is 7.34. The second-order valence-electron chi connectivity index (χ2n) is 2.79. The summed E-state index contributed by atoms with van der Waals surface area (Å²) in [5.41, 5.74) is 0. The van der Waals surface area contributed by atoms with Crippen molar-refractivity contribution in [3.63, 3.8) is 0 Å². The fourth-order valence-corrected chi connectivity index (χ4v) is 1.00. The topological polar surface area (TPSA) is 27.0 Å². The van der Waals surface area contributed by atoms with E-state index in [9.17, 15) is 0 Å². The first-order chi connectivity index (χ1) is 5.11. The van der Waals surface area contributed by atoms with Gasteiger partial charge in [0.05, 0.1) is 6.07 Å². The van der Waals surface area contributed by atoms with E-state index in [-0.39, 0.29) is 5.38 Å². The molecule has 11 heavy (non-hydrogen) atoms. The molecule has 0 fully saturated rings. The average Bonchev–Trinajstić information content (AvgIpc) is 2.02. The maximum Gasteiger partial charge on any atom is 0.133 e. The van der Waals surface area contributed by atoms with Crippen LogP contribution in [0, 0.1) is 11.3 Å². The fourth-order valence-electron chi connectivity index (χ4n) is 0.785. The molecule has 64 valence electrons. The number of alkyl halides is 1. The molecule has 0 rings (SSSR count). The first kappa shape index (κ1) is 10.7. The summed E-state index contributed by atoms with van der Waals surface area (Å²) in [4.78, 5) is 2.10. The molecule has 0 bridgehead atoms. The number of nitriles is 1. The summed E-state index contributed by atoms with van der Waals surface area (Å²) in [6.45, 7) is 4.89. The zero-order chi connectivity index (χ0) is 8.85. The highest BCUT2D eigenvalue weighted by Gasteiger charge is 2.10. The standard InChI is InChI=1S/C8H15ClN2/c1-4-7(2)11(3)6-8(9)5-10/h7-8H,4,6H2,1-3H3. The highest BCUT2D eigenvalue weighted by Crippen LogP contribution is 2.03. The van der Waals surface area contributed by atoms with Crippen molar-refractivity contribution < 1.29 is 0 Å². The molecule has 0 aromatic heterocycles. The van der Waals surface area contributed by atoms with Gasteiger partial charge in [-0.15, -0.1) is 11.6 Å². The van der Waals surface area contributed by atoms with Crippen molar-refractivity contribution in [1.29, 1.82) is 5.26 Å². The van der Waals surface area contributed by atoms with Gasteiger partial charge in [-0.2, -0.15) is 5.26 Å². The molecule has 3 heteroatoms. The highest BCUT2D eigenvalue weighted by molar-refractivity contribution is 6.22. The van der Waals surface area contributed by atoms with Crippen molar-refractivity contribution in [2.45, 2.75) is 31.7 Å². The van der Waals surface area contributed by atoms with E-state index in [1.807, 2.05) is 13.1 Å². The molecule has 2 atom stereocenters. The van der Waals surface area contributed by atoms with Crippen molar-refractivity contribution in [1.82, 2.24) is 4.90 Å². The molecule has 0 saturated heterocycles. The van der Waals surface area contributed by atoms with Gasteiger partial charge in [-0.25, -0.2) is 0 Å². The van der Waals surface area contributed by atoms with Crippen LogP contribution in [0.1, 0.15) is 20.3 Å². The van der Waals surface area contributed by atoms with Gasteiger partial charge in [0, 0.05) is 12.6 Å². The predicted octanol–water partition coefficient (Wildman–Crippen LogP) is 1.85. The van der Waals surface area contributed by atoms with E-state index in [4.69, 9.17) is 16.9 Å². The Bertz CT molecular complexity index is 142. The Balaban J connectivity index is 3.69. The van der Waals surface area contributed by atoms with Gasteiger partial charge in [-0.05, 0) is 20.4 Å². The van der Waals surface area contributed by atoms with E-state index in [1.165, 1.54) is 0 Å². The third-order valence-electron chi connectivity index (χ3n) is 1.93. The Morgan fingerprint density at radius 3 is 2.55 bits per heavy atom. The summed E-state index contributed by atoms with van der Waals surface area (Å²) in [6, 6.07) is 2.50. The van der Waals surface area contributed by atoms with Crippen LogP contribution in [0.25, 0.3) is 0 Å². The minimum absolute atomic E-state index is 0.381. The van der Waals surface area contributed by atoms with Crippen molar-refractivity contribution >= 4 is 11.6 Å². The second-order valence-corrected chi connectivity index (χ2v) is 3.32. The Hall–Kier alpha value is -0.260. The molecule has 0 aromatic carbocycles. The van der Waals surface area contributed by atoms with Crippen LogP contribution >= 0.6 is 11.6 Å². The summed E-state index contributed by atoms with van der Waals surface area (Å²) in [6.07, 6.45) is 1.09. The van der Waals surface area contributed by atoms with Gasteiger partial charge in [0.25, 0.3) is 0 Å². The van der Waals surface area contributed by atoms with Crippen molar-refractivity contribution in [2.75, 3.05) is 13.6 Å². The number of rotatable bonds is 4. The van der Waals surface area contributed by atoms with Crippen LogP contribution in [0.3, 0.4) is 0 Å². The first-order valence-corrected chi connectivity index (χ1v) is 4.29. The van der Waals surface area contributed by atoms with Crippen LogP contribution in [0.4, 0.5) is 0 Å². The molecule has 0 aliphatic heterocycles. The molecule has 0 amide bonds. The van der Waals surface area contributed by atoms with Gasteiger partial charge in [0.1, 0.15) is 5.38 Å². The third kappa shape index (κ3) is 4.23. The SMILES string of the molecule is CCC(C)N(C)CC(Cl)C#N. The Morgan fingerprint density at radius 1 is 1.64 bits per heavy atom. The average molecular weight is 175 g/mol. The summed E-state index contributed by atoms with van der Waals surface area (Å²) in [5, 5.41) is 8.05. The molecule has 0 saturated carbocycles. The molecule has 0 N–H and O–H groups in total. The maximum atomic E-state index is 8.43. The number of nitrogens with zero attached hydrogens (tertiary/aromatic N) is 2. The van der Waals surface area contributed by atoms with Crippen LogP contribution in [0.15, 0.2) is 0 Å². The minimum atomic E-state index is -0.381. The van der Waals surface area contributed by atoms with Gasteiger partial charge < -0.3 is 4.90 Å². The second kappa shape index (κ2) is 5.40. The van der Waals surface area contributed by atoms with Crippen LogP contribution in [-0.2, 0) is 0 Å². The molecular formula is C8H15ClN2. The molecule has 0 radical (unpaired) electrons. The molecule has 2 nitrogen and oxygen atoms in total. The molecule has 2 unspecified atom stereocenters. The quantitative estimate of drug-likeness (QED) is 0.609. The Kier molecular flexibility index (Phi) is 5.27. The van der Waals surface area contributed by atoms with Gasteiger partial charge in [-0.1, -0.05) is 6.92 Å². The van der Waals surface area contributed by atoms with E-state index in [0.29, 0.717) is 12.6 Å². The summed E-state index contributed by atoms with van der Waals surface area (Å²) in [7, 11) is 1.99. The normalized spacial score (nSPS) is 16.0. The van der Waals surface area contributed by atoms with Crippen LogP contribution in [0.2, 0.25) is 0 Å². The molecule has 0 spiro atoms. The lowest BCUT2D eigenvalue weighted by Gasteiger charge is -2.23. The minimum Gasteiger partial charge on any atom is -0.301 e. The van der Waals surface area contributed by atoms with E-state index < -0.39 is 0 Å². The van der Waals surface area contributed by atoms with Gasteiger partial charge in [0.15, 0.2) is 0 Å². The van der Waals surface area contributed by atoms with Crippen LogP contribution in [0.5, 0.6) is 0 Å². The van der Waals surface area contributed by atoms with Crippen molar-refractivity contribution in [3.05, 3.63) is 0 Å². The van der Waals surface area contributed by atoms with E-state index in [1.54, 1.807) is 0 Å². The van der Waals surface area contributed by atoms with Crippen LogP contribution < -0.4 is 0 Å². The molecule has 0 aliphatic rings. The Labute approximate surface area is 73.7 Å². The van der Waals surface area contributed by atoms with Crippen molar-refractivity contribution in [2.24, 2.45) is 0 Å². The lowest BCUT2D eigenvalue weighted by atomic mass is 10.2. The fraction of sp³-hybridized carbons (Fsp3) is 0.875. The third-order valence-corrected chi connectivity index (χ3v) is 2.17. The van der Waals surface area contributed by atoms with Gasteiger partial charge in [-0.3, -0.25) is 0 Å². The summed E-state index contributed by atoms with van der Waals surface area (Å²) < 4.78 is 0. The summed E-state index contributed by atoms with van der Waals surface area (Å²) in [5.74, 6) is 0. The van der Waals surface area contributed by atoms with Gasteiger partial charge in [0.2, 0.25) is 0 Å². The molecule has 0 heterocycles. The van der Waals surface area contributed by atoms with Gasteiger partial charge >= 0.3 is 0 Å². The maximum absolute atomic E-state index is 8.43. The predicted molar refractivity (Wildman–Crippen MR) is 47.6 cm³/mol. The molecule has 0 aliphatic carbocycles. The molecular weight excluding hydrogens is 160 g/mol. The van der Waals surface area contributed by atoms with E-state index in [2.05, 4.69) is 18.7 Å². The number of hydrogen-bond acceptors (Lipinski definition) is 2. The monoisotopic (exact) mass is 174 g/mol. The van der Waals surface area contributed by atoms with E-state index >= 15 is 0 Å². The summed E-state index contributed by atoms with van der Waals surface area (Å²) >= 11 is 5.66. The highest BCUT2D eigenvalue weighted by atomic mass is 35.5. The lowest BCUT2D eigenvalue weighted by Crippen LogP contribution is -2.33. The van der Waals surface area contributed by atoms with Crippen LogP contribution in [-0.4, -0.2) is 29.9 Å². The van der Waals surface area contributed by atoms with E-state index in [0.717, 1.165) is 6.42 Å². The zero-order valence-corrected chi connectivity index (χ0v) is 8.10. The first-order valence-electron chi connectivity index (χ1n) is 3.85. The number of halogens is 1. The molecule has 0 aromatic rings. The van der Waals surface area contributed by atoms with Crippen molar-refractivity contribution in [3.8, 4) is 6.07 Å². The smallest absolute Gasteiger partial charge is 0.133 e. The number of hydrogen-bond donors (Lipinski definition) is 0. The largest absolute Gasteiger partial charge is 0.301 e. The Morgan fingerprint density at radius 2 is 2.18 bits per heavy atom.